The zero-order valence-corrected chi connectivity index (χ0v) is 17.9. The molecule has 0 aromatic rings. The van der Waals surface area contributed by atoms with Gasteiger partial charge in [-0.25, -0.2) is 0 Å². The highest BCUT2D eigenvalue weighted by Crippen LogP contribution is 2.76. The summed E-state index contributed by atoms with van der Waals surface area (Å²) in [6.45, 7) is 4.72. The maximum absolute atomic E-state index is 10.2. The molecule has 0 spiro atoms. The molecule has 160 valence electrons. The molecule has 0 amide bonds. The van der Waals surface area contributed by atoms with E-state index < -0.39 is 11.4 Å². The van der Waals surface area contributed by atoms with Crippen molar-refractivity contribution >= 4 is 0 Å². The van der Waals surface area contributed by atoms with E-state index in [-0.39, 0.29) is 24.2 Å². The molecule has 5 nitrogen and oxygen atoms in total. The maximum atomic E-state index is 10.2. The molecule has 0 unspecified atom stereocenters. The van der Waals surface area contributed by atoms with Crippen molar-refractivity contribution in [1.29, 1.82) is 0 Å². The molecule has 1 heterocycles. The first-order valence-corrected chi connectivity index (χ1v) is 11.4. The number of ether oxygens (including phenoxy) is 3. The average molecular weight is 395 g/mol. The first-order chi connectivity index (χ1) is 13.3. The van der Waals surface area contributed by atoms with Gasteiger partial charge in [-0.15, -0.1) is 0 Å². The van der Waals surface area contributed by atoms with Crippen LogP contribution in [-0.4, -0.2) is 54.6 Å². The average Bonchev–Trinajstić information content (AvgIpc) is 3.37. The second-order valence-corrected chi connectivity index (χ2v) is 10.9. The molecule has 5 rings (SSSR count). The minimum Gasteiger partial charge on any atom is -0.393 e. The summed E-state index contributed by atoms with van der Waals surface area (Å²) in [4.78, 5) is 0. The Morgan fingerprint density at radius 2 is 1.75 bits per heavy atom. The van der Waals surface area contributed by atoms with Crippen LogP contribution in [0.15, 0.2) is 0 Å². The van der Waals surface area contributed by atoms with Crippen molar-refractivity contribution in [3.05, 3.63) is 0 Å². The van der Waals surface area contributed by atoms with Crippen LogP contribution in [-0.2, 0) is 14.2 Å². The highest BCUT2D eigenvalue weighted by molar-refractivity contribution is 5.29. The number of epoxide rings is 1. The highest BCUT2D eigenvalue weighted by Gasteiger charge is 2.84. The van der Waals surface area contributed by atoms with Gasteiger partial charge in [-0.1, -0.05) is 13.8 Å². The third kappa shape index (κ3) is 2.11. The summed E-state index contributed by atoms with van der Waals surface area (Å²) in [6.07, 6.45) is 9.09. The van der Waals surface area contributed by atoms with Gasteiger partial charge in [0.1, 0.15) is 6.61 Å². The fourth-order valence-corrected chi connectivity index (χ4v) is 8.99. The van der Waals surface area contributed by atoms with Crippen LogP contribution in [0, 0.1) is 34.5 Å². The van der Waals surface area contributed by atoms with Crippen molar-refractivity contribution < 1.29 is 24.4 Å². The summed E-state index contributed by atoms with van der Waals surface area (Å²) in [5.41, 5.74) is -0.166. The molecule has 28 heavy (non-hydrogen) atoms. The van der Waals surface area contributed by atoms with Gasteiger partial charge in [0, 0.05) is 19.6 Å². The number of methoxy groups -OCH3 is 2. The van der Waals surface area contributed by atoms with Crippen LogP contribution in [0.2, 0.25) is 0 Å². The van der Waals surface area contributed by atoms with Crippen molar-refractivity contribution in [2.75, 3.05) is 20.8 Å². The Kier molecular flexibility index (Phi) is 4.35. The van der Waals surface area contributed by atoms with Gasteiger partial charge >= 0.3 is 0 Å². The highest BCUT2D eigenvalue weighted by atomic mass is 16.8. The lowest BCUT2D eigenvalue weighted by Crippen LogP contribution is -2.63. The number of hydrogen-bond donors (Lipinski definition) is 2. The topological polar surface area (TPSA) is 71.5 Å². The Morgan fingerprint density at radius 3 is 2.43 bits per heavy atom. The van der Waals surface area contributed by atoms with Crippen LogP contribution in [0.1, 0.15) is 65.2 Å². The van der Waals surface area contributed by atoms with E-state index in [4.69, 9.17) is 14.2 Å². The summed E-state index contributed by atoms with van der Waals surface area (Å²) in [7, 11) is 3.27. The van der Waals surface area contributed by atoms with Gasteiger partial charge in [0.05, 0.1) is 12.2 Å². The van der Waals surface area contributed by atoms with E-state index in [2.05, 4.69) is 13.8 Å². The summed E-state index contributed by atoms with van der Waals surface area (Å²) >= 11 is 0. The SMILES string of the molecule is COC(CO)(OC)[C@@]12O[C@@H]1C[C@H]1[C@@H]3CC[C@H]4C[C@@H](O)CC[C@]4(C)[C@H]3CC[C@@]12C. The van der Waals surface area contributed by atoms with Gasteiger partial charge in [-0.3, -0.25) is 0 Å². The maximum Gasteiger partial charge on any atom is 0.224 e. The van der Waals surface area contributed by atoms with Gasteiger partial charge < -0.3 is 24.4 Å². The van der Waals surface area contributed by atoms with Crippen LogP contribution in [0.3, 0.4) is 0 Å². The Morgan fingerprint density at radius 1 is 1.00 bits per heavy atom. The van der Waals surface area contributed by atoms with E-state index in [0.29, 0.717) is 23.2 Å². The quantitative estimate of drug-likeness (QED) is 0.566. The normalized spacial score (nSPS) is 55.1. The molecular weight excluding hydrogens is 356 g/mol. The summed E-state index contributed by atoms with van der Waals surface area (Å²) < 4.78 is 17.9. The predicted octanol–water partition coefficient (Wildman–Crippen LogP) is 3.12. The van der Waals surface area contributed by atoms with Gasteiger partial charge in [0.15, 0.2) is 5.60 Å². The van der Waals surface area contributed by atoms with E-state index in [1.165, 1.54) is 25.7 Å². The van der Waals surface area contributed by atoms with Gasteiger partial charge in [0.25, 0.3) is 0 Å². The zero-order valence-electron chi connectivity index (χ0n) is 17.9. The molecule has 0 aromatic carbocycles. The smallest absolute Gasteiger partial charge is 0.224 e. The number of aliphatic hydroxyl groups excluding tert-OH is 2. The van der Waals surface area contributed by atoms with Crippen molar-refractivity contribution in [3.63, 3.8) is 0 Å². The zero-order chi connectivity index (χ0) is 19.9. The Hall–Kier alpha value is -0.200. The van der Waals surface area contributed by atoms with E-state index in [9.17, 15) is 10.2 Å². The lowest BCUT2D eigenvalue weighted by Gasteiger charge is -2.62. The summed E-state index contributed by atoms with van der Waals surface area (Å²) in [6, 6.07) is 0. The van der Waals surface area contributed by atoms with Crippen LogP contribution in [0.5, 0.6) is 0 Å². The van der Waals surface area contributed by atoms with Crippen LogP contribution < -0.4 is 0 Å². The summed E-state index contributed by atoms with van der Waals surface area (Å²) in [5.74, 6) is 1.68. The molecule has 1 aliphatic heterocycles. The largest absolute Gasteiger partial charge is 0.393 e. The number of aliphatic hydroxyl groups is 2. The molecule has 0 bridgehead atoms. The standard InChI is InChI=1S/C23H38O5/c1-20-9-7-15(25)11-14(20)5-6-16-17(20)8-10-21(2)18(16)12-19-23(21,28-19)22(13-24,26-3)27-4/h14-19,24-25H,5-13H2,1-4H3/t14-,15-,16+,17-,18-,19+,20-,21-,23+/m0/s1. The van der Waals surface area contributed by atoms with E-state index in [1.54, 1.807) is 14.2 Å². The van der Waals surface area contributed by atoms with Gasteiger partial charge in [-0.05, 0) is 80.5 Å². The molecule has 4 aliphatic carbocycles. The van der Waals surface area contributed by atoms with E-state index in [0.717, 1.165) is 31.6 Å². The molecule has 5 heteroatoms. The fourth-order valence-electron chi connectivity index (χ4n) is 8.99. The van der Waals surface area contributed by atoms with Crippen molar-refractivity contribution in [2.45, 2.75) is 88.8 Å². The minimum atomic E-state index is -1.07. The monoisotopic (exact) mass is 394 g/mol. The Balaban J connectivity index is 1.47. The lowest BCUT2D eigenvalue weighted by molar-refractivity contribution is -0.293. The van der Waals surface area contributed by atoms with Crippen molar-refractivity contribution in [1.82, 2.24) is 0 Å². The molecule has 5 fully saturated rings. The fraction of sp³-hybridized carbons (Fsp3) is 1.00. The third-order valence-corrected chi connectivity index (χ3v) is 10.5. The Bertz CT molecular complexity index is 626. The molecule has 9 atom stereocenters. The van der Waals surface area contributed by atoms with E-state index >= 15 is 0 Å². The predicted molar refractivity (Wildman–Crippen MR) is 105 cm³/mol. The van der Waals surface area contributed by atoms with Gasteiger partial charge in [-0.2, -0.15) is 0 Å². The first-order valence-electron chi connectivity index (χ1n) is 11.4. The van der Waals surface area contributed by atoms with Gasteiger partial charge in [0.2, 0.25) is 5.79 Å². The van der Waals surface area contributed by atoms with E-state index in [1.807, 2.05) is 0 Å². The summed E-state index contributed by atoms with van der Waals surface area (Å²) in [5, 5.41) is 20.5. The first kappa shape index (κ1) is 19.7. The molecule has 0 radical (unpaired) electrons. The number of fused-ring (bicyclic) bond motifs is 7. The number of rotatable bonds is 4. The molecular formula is C23H38O5. The second kappa shape index (κ2) is 6.16. The van der Waals surface area contributed by atoms with Crippen LogP contribution in [0.25, 0.3) is 0 Å². The molecule has 5 aliphatic rings. The second-order valence-electron chi connectivity index (χ2n) is 10.9. The minimum absolute atomic E-state index is 0.0229. The lowest BCUT2D eigenvalue weighted by atomic mass is 9.44. The van der Waals surface area contributed by atoms with Crippen molar-refractivity contribution in [3.8, 4) is 0 Å². The molecule has 0 aromatic heterocycles. The van der Waals surface area contributed by atoms with Crippen LogP contribution in [0.4, 0.5) is 0 Å². The van der Waals surface area contributed by atoms with Crippen molar-refractivity contribution in [2.24, 2.45) is 34.5 Å². The number of hydrogen-bond acceptors (Lipinski definition) is 5. The molecule has 1 saturated heterocycles. The molecule has 4 saturated carbocycles. The Labute approximate surface area is 169 Å². The van der Waals surface area contributed by atoms with Crippen LogP contribution >= 0.6 is 0 Å². The molecule has 2 N–H and O–H groups in total. The third-order valence-electron chi connectivity index (χ3n) is 10.5.